The van der Waals surface area contributed by atoms with Gasteiger partial charge < -0.3 is 9.64 Å². The third kappa shape index (κ3) is 3.91. The number of halogens is 1. The summed E-state index contributed by atoms with van der Waals surface area (Å²) in [7, 11) is 3.26. The van der Waals surface area contributed by atoms with Crippen LogP contribution in [0.25, 0.3) is 0 Å². The molecule has 7 heteroatoms. The van der Waals surface area contributed by atoms with Crippen LogP contribution in [0.3, 0.4) is 0 Å². The van der Waals surface area contributed by atoms with Crippen LogP contribution in [0.1, 0.15) is 21.5 Å². The van der Waals surface area contributed by atoms with E-state index in [1.54, 1.807) is 26.0 Å². The van der Waals surface area contributed by atoms with Crippen LogP contribution in [-0.4, -0.2) is 29.9 Å². The van der Waals surface area contributed by atoms with Gasteiger partial charge in [-0.3, -0.25) is 14.9 Å². The summed E-state index contributed by atoms with van der Waals surface area (Å²) < 4.78 is 6.21. The number of ether oxygens (including phenoxy) is 1. The highest BCUT2D eigenvalue weighted by Gasteiger charge is 2.18. The van der Waals surface area contributed by atoms with E-state index in [4.69, 9.17) is 4.74 Å². The Morgan fingerprint density at radius 3 is 2.58 bits per heavy atom. The van der Waals surface area contributed by atoms with Crippen LogP contribution in [0.4, 0.5) is 5.69 Å². The molecule has 0 unspecified atom stereocenters. The molecule has 0 aliphatic carbocycles. The SMILES string of the molecule is COc1ccc(Br)cc1CN(C)C(=O)c1ccc([N+](=O)[O-])c(C)c1. The summed E-state index contributed by atoms with van der Waals surface area (Å²) in [6.45, 7) is 1.98. The lowest BCUT2D eigenvalue weighted by atomic mass is 10.1. The summed E-state index contributed by atoms with van der Waals surface area (Å²) in [6, 6.07) is 9.95. The van der Waals surface area contributed by atoms with Crippen LogP contribution in [0.5, 0.6) is 5.75 Å². The van der Waals surface area contributed by atoms with E-state index in [-0.39, 0.29) is 11.6 Å². The van der Waals surface area contributed by atoms with Crippen LogP contribution in [-0.2, 0) is 6.54 Å². The monoisotopic (exact) mass is 392 g/mol. The molecule has 0 radical (unpaired) electrons. The summed E-state index contributed by atoms with van der Waals surface area (Å²) >= 11 is 3.41. The Hall–Kier alpha value is -2.41. The van der Waals surface area contributed by atoms with Gasteiger partial charge in [-0.05, 0) is 37.3 Å². The predicted molar refractivity (Wildman–Crippen MR) is 94.3 cm³/mol. The minimum absolute atomic E-state index is 0.00265. The quantitative estimate of drug-likeness (QED) is 0.570. The van der Waals surface area contributed by atoms with Crippen LogP contribution in [0.2, 0.25) is 0 Å². The van der Waals surface area contributed by atoms with Gasteiger partial charge >= 0.3 is 0 Å². The molecule has 2 aromatic rings. The van der Waals surface area contributed by atoms with Gasteiger partial charge in [0.05, 0.1) is 12.0 Å². The number of amides is 1. The minimum atomic E-state index is -0.459. The lowest BCUT2D eigenvalue weighted by Gasteiger charge is -2.19. The average Bonchev–Trinajstić information content (AvgIpc) is 2.53. The van der Waals surface area contributed by atoms with Crippen molar-refractivity contribution in [2.75, 3.05) is 14.2 Å². The first kappa shape index (κ1) is 17.9. The maximum Gasteiger partial charge on any atom is 0.272 e. The van der Waals surface area contributed by atoms with E-state index in [1.807, 2.05) is 18.2 Å². The Kier molecular flexibility index (Phi) is 5.56. The van der Waals surface area contributed by atoms with Gasteiger partial charge in [0.15, 0.2) is 0 Å². The first-order valence-electron chi connectivity index (χ1n) is 7.16. The second-order valence-electron chi connectivity index (χ2n) is 5.38. The molecule has 126 valence electrons. The Labute approximate surface area is 148 Å². The van der Waals surface area contributed by atoms with Gasteiger partial charge in [0.2, 0.25) is 0 Å². The first-order valence-corrected chi connectivity index (χ1v) is 7.95. The van der Waals surface area contributed by atoms with Crippen molar-refractivity contribution in [2.24, 2.45) is 0 Å². The molecular weight excluding hydrogens is 376 g/mol. The molecule has 0 N–H and O–H groups in total. The zero-order valence-electron chi connectivity index (χ0n) is 13.6. The standard InChI is InChI=1S/C17H17BrN2O4/c1-11-8-12(4-6-15(11)20(22)23)17(21)19(2)10-13-9-14(18)5-7-16(13)24-3/h4-9H,10H2,1-3H3. The number of nitro groups is 1. The molecule has 0 aromatic heterocycles. The number of nitrogens with zero attached hydrogens (tertiary/aromatic N) is 2. The molecule has 0 aliphatic heterocycles. The summed E-state index contributed by atoms with van der Waals surface area (Å²) in [5.74, 6) is 0.479. The lowest BCUT2D eigenvalue weighted by Crippen LogP contribution is -2.26. The molecule has 1 amide bonds. The summed E-state index contributed by atoms with van der Waals surface area (Å²) in [5.41, 5.74) is 1.73. The van der Waals surface area contributed by atoms with Crippen molar-refractivity contribution in [3.63, 3.8) is 0 Å². The zero-order chi connectivity index (χ0) is 17.9. The Morgan fingerprint density at radius 2 is 2.00 bits per heavy atom. The molecule has 2 aromatic carbocycles. The highest BCUT2D eigenvalue weighted by molar-refractivity contribution is 9.10. The van der Waals surface area contributed by atoms with Gasteiger partial charge in [-0.1, -0.05) is 15.9 Å². The number of hydrogen-bond acceptors (Lipinski definition) is 4. The molecule has 0 fully saturated rings. The van der Waals surface area contributed by atoms with Gasteiger partial charge in [-0.25, -0.2) is 0 Å². The molecule has 0 aliphatic rings. The van der Waals surface area contributed by atoms with Gasteiger partial charge in [0, 0.05) is 40.8 Å². The van der Waals surface area contributed by atoms with Crippen molar-refractivity contribution >= 4 is 27.5 Å². The normalized spacial score (nSPS) is 10.3. The van der Waals surface area contributed by atoms with Crippen molar-refractivity contribution in [2.45, 2.75) is 13.5 Å². The molecular formula is C17H17BrN2O4. The van der Waals surface area contributed by atoms with Crippen molar-refractivity contribution in [3.8, 4) is 5.75 Å². The van der Waals surface area contributed by atoms with Crippen LogP contribution >= 0.6 is 15.9 Å². The van der Waals surface area contributed by atoms with Crippen LogP contribution in [0, 0.1) is 17.0 Å². The molecule has 0 spiro atoms. The number of methoxy groups -OCH3 is 1. The van der Waals surface area contributed by atoms with E-state index in [2.05, 4.69) is 15.9 Å². The van der Waals surface area contributed by atoms with E-state index in [9.17, 15) is 14.9 Å². The van der Waals surface area contributed by atoms with Gasteiger partial charge in [0.1, 0.15) is 5.75 Å². The lowest BCUT2D eigenvalue weighted by molar-refractivity contribution is -0.385. The number of carbonyl (C=O) groups excluding carboxylic acids is 1. The average molecular weight is 393 g/mol. The molecule has 0 saturated carbocycles. The van der Waals surface area contributed by atoms with E-state index in [1.165, 1.54) is 18.2 Å². The zero-order valence-corrected chi connectivity index (χ0v) is 15.2. The molecule has 0 heterocycles. The van der Waals surface area contributed by atoms with Crippen molar-refractivity contribution in [1.29, 1.82) is 0 Å². The van der Waals surface area contributed by atoms with Gasteiger partial charge in [-0.15, -0.1) is 0 Å². The fourth-order valence-corrected chi connectivity index (χ4v) is 2.82. The molecule has 0 bridgehead atoms. The highest BCUT2D eigenvalue weighted by atomic mass is 79.9. The minimum Gasteiger partial charge on any atom is -0.496 e. The maximum atomic E-state index is 12.6. The fraction of sp³-hybridized carbons (Fsp3) is 0.235. The second-order valence-corrected chi connectivity index (χ2v) is 6.29. The van der Waals surface area contributed by atoms with E-state index in [0.29, 0.717) is 23.4 Å². The van der Waals surface area contributed by atoms with E-state index in [0.717, 1.165) is 10.0 Å². The molecule has 2 rings (SSSR count). The summed E-state index contributed by atoms with van der Waals surface area (Å²) in [5, 5.41) is 10.9. The fourth-order valence-electron chi connectivity index (χ4n) is 2.41. The highest BCUT2D eigenvalue weighted by Crippen LogP contribution is 2.25. The van der Waals surface area contributed by atoms with Gasteiger partial charge in [-0.2, -0.15) is 0 Å². The summed E-state index contributed by atoms with van der Waals surface area (Å²) in [6.07, 6.45) is 0. The second kappa shape index (κ2) is 7.44. The van der Waals surface area contributed by atoms with Crippen molar-refractivity contribution in [3.05, 3.63) is 67.7 Å². The smallest absolute Gasteiger partial charge is 0.272 e. The number of hydrogen-bond donors (Lipinski definition) is 0. The molecule has 0 atom stereocenters. The Morgan fingerprint density at radius 1 is 1.29 bits per heavy atom. The predicted octanol–water partition coefficient (Wildman–Crippen LogP) is 3.95. The van der Waals surface area contributed by atoms with Crippen molar-refractivity contribution < 1.29 is 14.5 Å². The molecule has 0 saturated heterocycles. The van der Waals surface area contributed by atoms with E-state index < -0.39 is 4.92 Å². The van der Waals surface area contributed by atoms with E-state index >= 15 is 0 Å². The third-order valence-electron chi connectivity index (χ3n) is 3.64. The van der Waals surface area contributed by atoms with Crippen LogP contribution < -0.4 is 4.74 Å². The topological polar surface area (TPSA) is 72.7 Å². The Balaban J connectivity index is 2.23. The first-order chi connectivity index (χ1) is 11.3. The number of aryl methyl sites for hydroxylation is 1. The Bertz CT molecular complexity index is 792. The van der Waals surface area contributed by atoms with Gasteiger partial charge in [0.25, 0.3) is 11.6 Å². The number of benzene rings is 2. The molecule has 24 heavy (non-hydrogen) atoms. The number of rotatable bonds is 5. The summed E-state index contributed by atoms with van der Waals surface area (Å²) in [4.78, 5) is 24.5. The largest absolute Gasteiger partial charge is 0.496 e. The van der Waals surface area contributed by atoms with Crippen molar-refractivity contribution in [1.82, 2.24) is 4.90 Å². The van der Waals surface area contributed by atoms with Crippen LogP contribution in [0.15, 0.2) is 40.9 Å². The number of carbonyl (C=O) groups is 1. The molecule has 6 nitrogen and oxygen atoms in total. The third-order valence-corrected chi connectivity index (χ3v) is 4.13. The number of nitro benzene ring substituents is 1. The maximum absolute atomic E-state index is 12.6.